The number of anilines is 1. The fourth-order valence-corrected chi connectivity index (χ4v) is 1.68. The molecular formula is C15H16F2N6O. The van der Waals surface area contributed by atoms with E-state index in [4.69, 9.17) is 16.3 Å². The molecule has 4 N–H and O–H groups in total. The Labute approximate surface area is 137 Å². The van der Waals surface area contributed by atoms with Crippen LogP contribution in [0.15, 0.2) is 46.6 Å². The number of alkyl halides is 2. The average molecular weight is 334 g/mol. The number of nitrogen functional groups attached to an aromatic ring is 1. The zero-order valence-corrected chi connectivity index (χ0v) is 12.9. The molecule has 9 heteroatoms. The maximum absolute atomic E-state index is 13.3. The number of aromatic nitrogens is 2. The summed E-state index contributed by atoms with van der Waals surface area (Å²) < 4.78 is 31.9. The number of benzene rings is 1. The first kappa shape index (κ1) is 17.3. The lowest BCUT2D eigenvalue weighted by Crippen LogP contribution is -2.16. The van der Waals surface area contributed by atoms with E-state index < -0.39 is 5.92 Å². The molecule has 0 radical (unpaired) electrons. The number of ether oxygens (including phenoxy) is 1. The molecule has 24 heavy (non-hydrogen) atoms. The summed E-state index contributed by atoms with van der Waals surface area (Å²) in [5.74, 6) is 2.58. The van der Waals surface area contributed by atoms with Crippen molar-refractivity contribution < 1.29 is 13.5 Å². The highest BCUT2D eigenvalue weighted by Crippen LogP contribution is 2.29. The van der Waals surface area contributed by atoms with E-state index in [1.165, 1.54) is 36.7 Å². The van der Waals surface area contributed by atoms with Crippen LogP contribution in [-0.2, 0) is 5.92 Å². The molecule has 2 rings (SSSR count). The third-order valence-corrected chi connectivity index (χ3v) is 2.89. The van der Waals surface area contributed by atoms with Gasteiger partial charge in [0.1, 0.15) is 18.1 Å². The van der Waals surface area contributed by atoms with Crippen molar-refractivity contribution in [3.8, 4) is 6.01 Å². The monoisotopic (exact) mass is 334 g/mol. The van der Waals surface area contributed by atoms with E-state index in [1.54, 1.807) is 6.07 Å². The summed E-state index contributed by atoms with van der Waals surface area (Å²) in [5, 5.41) is 3.52. The number of aliphatic imine (C=N–C) groups is 1. The minimum Gasteiger partial charge on any atom is -0.457 e. The zero-order valence-electron chi connectivity index (χ0n) is 12.9. The highest BCUT2D eigenvalue weighted by molar-refractivity contribution is 6.31. The van der Waals surface area contributed by atoms with Gasteiger partial charge in [-0.15, -0.1) is 0 Å². The molecule has 0 atom stereocenters. The van der Waals surface area contributed by atoms with Crippen molar-refractivity contribution in [3.05, 3.63) is 42.1 Å². The molecule has 0 aliphatic carbocycles. The number of hydrogen-bond acceptors (Lipinski definition) is 7. The second kappa shape index (κ2) is 7.44. The number of nitrogens with zero attached hydrogens (tertiary/aromatic N) is 4. The van der Waals surface area contributed by atoms with Gasteiger partial charge in [-0.25, -0.2) is 13.8 Å². The number of rotatable bonds is 6. The summed E-state index contributed by atoms with van der Waals surface area (Å²) in [4.78, 5) is 11.8. The van der Waals surface area contributed by atoms with E-state index in [-0.39, 0.29) is 29.7 Å². The van der Waals surface area contributed by atoms with E-state index >= 15 is 0 Å². The van der Waals surface area contributed by atoms with Crippen molar-refractivity contribution in [3.63, 3.8) is 0 Å². The first-order valence-corrected chi connectivity index (χ1v) is 6.89. The standard InChI is InChI=1S/C15H16F2N6O/c1-15(16,17)10-3-2-4-11(7-10)21-8-12(23-19)9-24-14-20-6-5-13(18)22-14/h2-8H,9,19H2,1H3,(H2,18,20,22). The summed E-state index contributed by atoms with van der Waals surface area (Å²) in [5.41, 5.74) is 5.99. The SMILES string of the molecule is CC(F)(F)c1cccc(N=CC(COc2nccc(N)n2)=NN)c1. The summed E-state index contributed by atoms with van der Waals surface area (Å²) in [6, 6.07) is 7.28. The predicted octanol–water partition coefficient (Wildman–Crippen LogP) is 2.27. The molecule has 0 aliphatic heterocycles. The maximum Gasteiger partial charge on any atom is 0.318 e. The Bertz CT molecular complexity index is 758. The van der Waals surface area contributed by atoms with Crippen LogP contribution >= 0.6 is 0 Å². The summed E-state index contributed by atoms with van der Waals surface area (Å²) in [7, 11) is 0. The lowest BCUT2D eigenvalue weighted by molar-refractivity contribution is 0.0175. The van der Waals surface area contributed by atoms with Gasteiger partial charge in [-0.1, -0.05) is 12.1 Å². The van der Waals surface area contributed by atoms with E-state index in [9.17, 15) is 8.78 Å². The second-order valence-corrected chi connectivity index (χ2v) is 4.87. The van der Waals surface area contributed by atoms with Crippen molar-refractivity contribution >= 4 is 23.4 Å². The largest absolute Gasteiger partial charge is 0.457 e. The van der Waals surface area contributed by atoms with Crippen LogP contribution in [-0.4, -0.2) is 28.5 Å². The maximum atomic E-state index is 13.3. The Kier molecular flexibility index (Phi) is 5.35. The van der Waals surface area contributed by atoms with Gasteiger partial charge in [-0.3, -0.25) is 4.99 Å². The van der Waals surface area contributed by atoms with Gasteiger partial charge < -0.3 is 16.3 Å². The third kappa shape index (κ3) is 4.97. The van der Waals surface area contributed by atoms with Gasteiger partial charge in [-0.2, -0.15) is 10.1 Å². The average Bonchev–Trinajstić information content (AvgIpc) is 2.54. The van der Waals surface area contributed by atoms with Crippen LogP contribution in [0.1, 0.15) is 12.5 Å². The number of nitrogens with two attached hydrogens (primary N) is 2. The molecule has 0 saturated carbocycles. The lowest BCUT2D eigenvalue weighted by Gasteiger charge is -2.10. The lowest BCUT2D eigenvalue weighted by atomic mass is 10.1. The third-order valence-electron chi connectivity index (χ3n) is 2.89. The van der Waals surface area contributed by atoms with Crippen LogP contribution in [0.2, 0.25) is 0 Å². The molecule has 1 heterocycles. The van der Waals surface area contributed by atoms with E-state index in [0.717, 1.165) is 6.92 Å². The van der Waals surface area contributed by atoms with Crippen molar-refractivity contribution in [1.82, 2.24) is 9.97 Å². The number of hydrazone groups is 1. The van der Waals surface area contributed by atoms with Gasteiger partial charge in [0.05, 0.1) is 11.9 Å². The van der Waals surface area contributed by atoms with Crippen LogP contribution < -0.4 is 16.3 Å². The predicted molar refractivity (Wildman–Crippen MR) is 87.7 cm³/mol. The Morgan fingerprint density at radius 1 is 1.38 bits per heavy atom. The molecular weight excluding hydrogens is 318 g/mol. The summed E-state index contributed by atoms with van der Waals surface area (Å²) >= 11 is 0. The van der Waals surface area contributed by atoms with Gasteiger partial charge in [0, 0.05) is 18.7 Å². The molecule has 1 aromatic carbocycles. The van der Waals surface area contributed by atoms with Crippen molar-refractivity contribution in [1.29, 1.82) is 0 Å². The smallest absolute Gasteiger partial charge is 0.318 e. The van der Waals surface area contributed by atoms with E-state index in [0.29, 0.717) is 5.69 Å². The molecule has 1 aromatic heterocycles. The second-order valence-electron chi connectivity index (χ2n) is 4.87. The molecule has 0 bridgehead atoms. The molecule has 0 unspecified atom stereocenters. The van der Waals surface area contributed by atoms with Gasteiger partial charge >= 0.3 is 6.01 Å². The van der Waals surface area contributed by atoms with Crippen LogP contribution in [0.4, 0.5) is 20.3 Å². The van der Waals surface area contributed by atoms with Crippen molar-refractivity contribution in [2.24, 2.45) is 15.9 Å². The van der Waals surface area contributed by atoms with Crippen LogP contribution in [0.5, 0.6) is 6.01 Å². The molecule has 126 valence electrons. The summed E-state index contributed by atoms with van der Waals surface area (Å²) in [6.45, 7) is 0.773. The molecule has 2 aromatic rings. The van der Waals surface area contributed by atoms with E-state index in [2.05, 4.69) is 20.1 Å². The topological polar surface area (TPSA) is 112 Å². The molecule has 0 amide bonds. The Hall–Kier alpha value is -3.10. The van der Waals surface area contributed by atoms with Crippen molar-refractivity contribution in [2.45, 2.75) is 12.8 Å². The zero-order chi connectivity index (χ0) is 17.6. The van der Waals surface area contributed by atoms with Gasteiger partial charge in [0.15, 0.2) is 0 Å². The van der Waals surface area contributed by atoms with Gasteiger partial charge in [0.2, 0.25) is 0 Å². The van der Waals surface area contributed by atoms with Crippen LogP contribution in [0.3, 0.4) is 0 Å². The Balaban J connectivity index is 2.04. The summed E-state index contributed by atoms with van der Waals surface area (Å²) in [6.07, 6.45) is 2.76. The molecule has 7 nitrogen and oxygen atoms in total. The first-order valence-electron chi connectivity index (χ1n) is 6.89. The van der Waals surface area contributed by atoms with Crippen molar-refractivity contribution in [2.75, 3.05) is 12.3 Å². The molecule has 0 spiro atoms. The van der Waals surface area contributed by atoms with Crippen LogP contribution in [0.25, 0.3) is 0 Å². The normalized spacial score (nSPS) is 12.5. The quantitative estimate of drug-likeness (QED) is 0.478. The highest BCUT2D eigenvalue weighted by Gasteiger charge is 2.23. The van der Waals surface area contributed by atoms with Gasteiger partial charge in [0.25, 0.3) is 5.92 Å². The van der Waals surface area contributed by atoms with Crippen LogP contribution in [0, 0.1) is 0 Å². The fraction of sp³-hybridized carbons (Fsp3) is 0.200. The molecule has 0 saturated heterocycles. The van der Waals surface area contributed by atoms with Gasteiger partial charge in [-0.05, 0) is 18.2 Å². The Morgan fingerprint density at radius 2 is 2.17 bits per heavy atom. The number of hydrogen-bond donors (Lipinski definition) is 2. The highest BCUT2D eigenvalue weighted by atomic mass is 19.3. The minimum absolute atomic E-state index is 0.0485. The minimum atomic E-state index is -2.94. The molecule has 0 fully saturated rings. The Morgan fingerprint density at radius 3 is 2.83 bits per heavy atom. The van der Waals surface area contributed by atoms with E-state index in [1.807, 2.05) is 0 Å². The molecule has 0 aliphatic rings. The number of halogens is 2. The first-order chi connectivity index (χ1) is 11.4. The fourth-order valence-electron chi connectivity index (χ4n) is 1.68.